The number of carbonyl (C=O) groups excluding carboxylic acids is 3. The van der Waals surface area contributed by atoms with Gasteiger partial charge in [-0.2, -0.15) is 10.5 Å². The van der Waals surface area contributed by atoms with Gasteiger partial charge in [0.1, 0.15) is 29.2 Å². The third-order valence-corrected chi connectivity index (χ3v) is 11.8. The summed E-state index contributed by atoms with van der Waals surface area (Å²) in [5.41, 5.74) is 2.01. The van der Waals surface area contributed by atoms with Crippen molar-refractivity contribution in [2.45, 2.75) is 106 Å². The molecule has 1 aliphatic carbocycles. The van der Waals surface area contributed by atoms with Crippen molar-refractivity contribution in [3.63, 3.8) is 0 Å². The second-order valence-corrected chi connectivity index (χ2v) is 15.0. The lowest BCUT2D eigenvalue weighted by Gasteiger charge is -2.26. The maximum atomic E-state index is 13.1. The van der Waals surface area contributed by atoms with Crippen molar-refractivity contribution in [3.8, 4) is 23.6 Å². The summed E-state index contributed by atoms with van der Waals surface area (Å²) in [5.74, 6) is -0.566. The third-order valence-electron chi connectivity index (χ3n) is 9.05. The molecule has 0 aromatic heterocycles. The highest BCUT2D eigenvalue weighted by Gasteiger charge is 2.34. The lowest BCUT2D eigenvalue weighted by atomic mass is 9.82. The largest absolute Gasteiger partial charge is 0.465 e. The van der Waals surface area contributed by atoms with Gasteiger partial charge in [0, 0.05) is 17.7 Å². The molecule has 9 nitrogen and oxygen atoms in total. The summed E-state index contributed by atoms with van der Waals surface area (Å²) in [7, 11) is 0. The topological polar surface area (TPSA) is 139 Å². The van der Waals surface area contributed by atoms with E-state index < -0.39 is 0 Å². The van der Waals surface area contributed by atoms with Crippen LogP contribution in [0.15, 0.2) is 56.0 Å². The molecule has 1 saturated carbocycles. The molecule has 258 valence electrons. The van der Waals surface area contributed by atoms with Crippen molar-refractivity contribution in [1.29, 1.82) is 10.5 Å². The Hall–Kier alpha value is -3.77. The maximum Gasteiger partial charge on any atom is 0.314 e. The molecule has 1 unspecified atom stereocenters. The molecule has 49 heavy (non-hydrogen) atoms. The fourth-order valence-corrected chi connectivity index (χ4v) is 8.55. The first kappa shape index (κ1) is 36.5. The highest BCUT2D eigenvalue weighted by atomic mass is 32.2. The predicted molar refractivity (Wildman–Crippen MR) is 186 cm³/mol. The van der Waals surface area contributed by atoms with Crippen LogP contribution in [0.4, 0.5) is 0 Å². The molecular weight excluding hydrogens is 661 g/mol. The van der Waals surface area contributed by atoms with E-state index in [1.807, 2.05) is 37.3 Å². The second-order valence-electron chi connectivity index (χ2n) is 12.7. The average Bonchev–Trinajstić information content (AvgIpc) is 3.83. The van der Waals surface area contributed by atoms with Gasteiger partial charge in [0.2, 0.25) is 0 Å². The standard InChI is InChI=1S/C38H42N2O7S2/c1-25-10-19-32(35-34(25)48-38(49-35)29(22-39)23-40)47-37(43)28-15-13-27(14-16-28)36(42)46-30-17-11-26(12-18-30)20-21-44-33(41)9-7-5-3-2-4-6-8-31-24-45-31/h10-12,17-19,27-28,31H,2-9,13-16,20-21,24H2,1H3/t27-,28-,31?. The molecule has 2 heterocycles. The van der Waals surface area contributed by atoms with Crippen LogP contribution < -0.4 is 9.47 Å². The molecule has 0 radical (unpaired) electrons. The van der Waals surface area contributed by atoms with Gasteiger partial charge in [-0.05, 0) is 74.8 Å². The molecule has 2 aromatic rings. The molecule has 5 rings (SSSR count). The summed E-state index contributed by atoms with van der Waals surface area (Å²) >= 11 is 2.62. The van der Waals surface area contributed by atoms with E-state index in [9.17, 15) is 24.9 Å². The minimum Gasteiger partial charge on any atom is -0.465 e. The minimum absolute atomic E-state index is 0.0415. The highest BCUT2D eigenvalue weighted by molar-refractivity contribution is 8.24. The van der Waals surface area contributed by atoms with Crippen molar-refractivity contribution in [2.75, 3.05) is 13.2 Å². The lowest BCUT2D eigenvalue weighted by molar-refractivity contribution is -0.145. The van der Waals surface area contributed by atoms with Crippen LogP contribution in [0.1, 0.15) is 88.2 Å². The van der Waals surface area contributed by atoms with Crippen molar-refractivity contribution in [2.24, 2.45) is 11.8 Å². The van der Waals surface area contributed by atoms with Gasteiger partial charge >= 0.3 is 17.9 Å². The minimum atomic E-state index is -0.343. The molecule has 2 fully saturated rings. The average molecular weight is 703 g/mol. The molecule has 0 N–H and O–H groups in total. The number of nitrogens with zero attached hydrogens (tertiary/aromatic N) is 2. The number of hydrogen-bond acceptors (Lipinski definition) is 11. The van der Waals surface area contributed by atoms with Crippen LogP contribution in [0, 0.1) is 41.4 Å². The SMILES string of the molecule is Cc1ccc(OC(=O)[C@H]2CC[C@H](C(=O)Oc3ccc(CCOC(=O)CCCCCCCCC4CO4)cc3)CC2)c2c1SC(=C(C#N)C#N)S2. The van der Waals surface area contributed by atoms with Gasteiger partial charge in [-0.3, -0.25) is 14.4 Å². The third kappa shape index (κ3) is 10.9. The number of nitriles is 2. The van der Waals surface area contributed by atoms with Gasteiger partial charge < -0.3 is 18.9 Å². The van der Waals surface area contributed by atoms with E-state index in [2.05, 4.69) is 0 Å². The number of unbranched alkanes of at least 4 members (excludes halogenated alkanes) is 5. The molecule has 11 heteroatoms. The lowest BCUT2D eigenvalue weighted by Crippen LogP contribution is -2.30. The number of rotatable bonds is 16. The first-order valence-corrected chi connectivity index (χ1v) is 18.8. The van der Waals surface area contributed by atoms with Gasteiger partial charge in [-0.25, -0.2) is 0 Å². The summed E-state index contributed by atoms with van der Waals surface area (Å²) in [6.45, 7) is 3.19. The van der Waals surface area contributed by atoms with E-state index in [4.69, 9.17) is 18.9 Å². The van der Waals surface area contributed by atoms with Crippen molar-refractivity contribution >= 4 is 41.4 Å². The van der Waals surface area contributed by atoms with Crippen LogP contribution >= 0.6 is 23.5 Å². The molecule has 0 spiro atoms. The van der Waals surface area contributed by atoms with Gasteiger partial charge in [0.05, 0.1) is 40.3 Å². The van der Waals surface area contributed by atoms with Crippen LogP contribution in [-0.4, -0.2) is 37.2 Å². The van der Waals surface area contributed by atoms with E-state index >= 15 is 0 Å². The number of allylic oxidation sites excluding steroid dienone is 1. The van der Waals surface area contributed by atoms with Gasteiger partial charge in [-0.1, -0.05) is 73.8 Å². The summed E-state index contributed by atoms with van der Waals surface area (Å²) in [5, 5.41) is 18.6. The van der Waals surface area contributed by atoms with Gasteiger partial charge in [0.25, 0.3) is 0 Å². The Morgan fingerprint density at radius 2 is 1.43 bits per heavy atom. The zero-order valence-corrected chi connectivity index (χ0v) is 29.5. The Kier molecular flexibility index (Phi) is 13.6. The number of fused-ring (bicyclic) bond motifs is 1. The molecule has 0 amide bonds. The summed E-state index contributed by atoms with van der Waals surface area (Å²) < 4.78 is 22.7. The number of epoxide rings is 1. The van der Waals surface area contributed by atoms with E-state index in [-0.39, 0.29) is 35.3 Å². The molecule has 1 atom stereocenters. The molecule has 3 aliphatic rings. The number of thioether (sulfide) groups is 2. The quantitative estimate of drug-likeness (QED) is 0.0548. The van der Waals surface area contributed by atoms with Crippen LogP contribution in [0.3, 0.4) is 0 Å². The monoisotopic (exact) mass is 702 g/mol. The first-order chi connectivity index (χ1) is 23.8. The Labute approximate surface area is 296 Å². The smallest absolute Gasteiger partial charge is 0.314 e. The number of ether oxygens (including phenoxy) is 4. The van der Waals surface area contributed by atoms with Crippen molar-refractivity contribution in [1.82, 2.24) is 0 Å². The Balaban J connectivity index is 0.972. The summed E-state index contributed by atoms with van der Waals surface area (Å²) in [4.78, 5) is 39.7. The highest BCUT2D eigenvalue weighted by Crippen LogP contribution is 2.56. The van der Waals surface area contributed by atoms with Crippen LogP contribution in [0.5, 0.6) is 11.5 Å². The van der Waals surface area contributed by atoms with Gasteiger partial charge in [0.15, 0.2) is 0 Å². The maximum absolute atomic E-state index is 13.1. The van der Waals surface area contributed by atoms with E-state index in [1.165, 1.54) is 49.2 Å². The number of esters is 3. The molecule has 1 saturated heterocycles. The van der Waals surface area contributed by atoms with Crippen LogP contribution in [-0.2, 0) is 30.3 Å². The van der Waals surface area contributed by atoms with Crippen LogP contribution in [0.25, 0.3) is 0 Å². The van der Waals surface area contributed by atoms with Crippen molar-refractivity contribution < 1.29 is 33.3 Å². The van der Waals surface area contributed by atoms with E-state index in [1.54, 1.807) is 18.2 Å². The zero-order valence-electron chi connectivity index (χ0n) is 27.9. The first-order valence-electron chi connectivity index (χ1n) is 17.2. The predicted octanol–water partition coefficient (Wildman–Crippen LogP) is 8.37. The normalized spacial score (nSPS) is 19.2. The number of hydrogen-bond donors (Lipinski definition) is 0. The molecular formula is C38H42N2O7S2. The van der Waals surface area contributed by atoms with Crippen molar-refractivity contribution in [3.05, 3.63) is 57.3 Å². The molecule has 2 aromatic carbocycles. The van der Waals surface area contributed by atoms with Gasteiger partial charge in [-0.15, -0.1) is 0 Å². The Morgan fingerprint density at radius 1 is 0.816 bits per heavy atom. The Morgan fingerprint density at radius 3 is 2.08 bits per heavy atom. The Bertz CT molecular complexity index is 1600. The summed E-state index contributed by atoms with van der Waals surface area (Å²) in [6, 6.07) is 14.7. The van der Waals surface area contributed by atoms with E-state index in [0.29, 0.717) is 67.0 Å². The molecule has 2 aliphatic heterocycles. The van der Waals surface area contributed by atoms with Crippen LogP contribution in [0.2, 0.25) is 0 Å². The fraction of sp³-hybridized carbons (Fsp3) is 0.500. The summed E-state index contributed by atoms with van der Waals surface area (Å²) in [6.07, 6.45) is 11.6. The second kappa shape index (κ2) is 18.3. The number of aryl methyl sites for hydroxylation is 1. The number of benzene rings is 2. The zero-order chi connectivity index (χ0) is 34.6. The fourth-order valence-electron chi connectivity index (χ4n) is 5.99. The number of carbonyl (C=O) groups is 3. The molecule has 0 bridgehead atoms. The van der Waals surface area contributed by atoms with E-state index in [0.717, 1.165) is 46.8 Å².